The first kappa shape index (κ1) is 23.4. The Bertz CT molecular complexity index is 1120. The Labute approximate surface area is 205 Å². The van der Waals surface area contributed by atoms with Crippen molar-refractivity contribution >= 4 is 18.0 Å². The van der Waals surface area contributed by atoms with Crippen LogP contribution in [-0.4, -0.2) is 53.2 Å². The van der Waals surface area contributed by atoms with Gasteiger partial charge in [0.25, 0.3) is 0 Å². The highest BCUT2D eigenvalue weighted by atomic mass is 16.5. The minimum atomic E-state index is -1.12. The molecule has 7 nitrogen and oxygen atoms in total. The number of hydrogen-bond acceptors (Lipinski definition) is 4. The summed E-state index contributed by atoms with van der Waals surface area (Å²) in [4.78, 5) is 39.8. The number of nitrogens with one attached hydrogen (secondary N) is 1. The van der Waals surface area contributed by atoms with Gasteiger partial charge in [0.2, 0.25) is 5.91 Å². The number of fused-ring (bicyclic) bond motifs is 6. The van der Waals surface area contributed by atoms with Crippen molar-refractivity contribution in [2.45, 2.75) is 51.0 Å². The lowest BCUT2D eigenvalue weighted by atomic mass is 9.69. The molecule has 0 radical (unpaired) electrons. The number of nitrogens with zero attached hydrogens (tertiary/aromatic N) is 1. The molecule has 2 aliphatic carbocycles. The summed E-state index contributed by atoms with van der Waals surface area (Å²) in [5, 5.41) is 12.7. The van der Waals surface area contributed by atoms with E-state index in [-0.39, 0.29) is 25.0 Å². The topological polar surface area (TPSA) is 95.9 Å². The van der Waals surface area contributed by atoms with E-state index < -0.39 is 23.0 Å². The Morgan fingerprint density at radius 2 is 1.60 bits per heavy atom. The summed E-state index contributed by atoms with van der Waals surface area (Å²) in [7, 11) is 0. The van der Waals surface area contributed by atoms with Crippen LogP contribution in [-0.2, 0) is 14.3 Å². The Hall–Kier alpha value is -3.35. The van der Waals surface area contributed by atoms with E-state index in [4.69, 9.17) is 4.74 Å². The van der Waals surface area contributed by atoms with Gasteiger partial charge >= 0.3 is 12.1 Å². The predicted octanol–water partition coefficient (Wildman–Crippen LogP) is 4.41. The third-order valence-corrected chi connectivity index (χ3v) is 8.13. The molecule has 2 saturated heterocycles. The van der Waals surface area contributed by atoms with Gasteiger partial charge in [-0.25, -0.2) is 9.59 Å². The van der Waals surface area contributed by atoms with Gasteiger partial charge in [-0.2, -0.15) is 0 Å². The zero-order valence-electron chi connectivity index (χ0n) is 20.3. The maximum Gasteiger partial charge on any atom is 0.407 e. The Kier molecular flexibility index (Phi) is 5.82. The predicted molar refractivity (Wildman–Crippen MR) is 131 cm³/mol. The molecule has 3 fully saturated rings. The number of amides is 2. The smallest absolute Gasteiger partial charge is 0.407 e. The summed E-state index contributed by atoms with van der Waals surface area (Å²) in [6.07, 6.45) is 2.09. The number of ether oxygens (including phenoxy) is 1. The number of piperidine rings is 2. The molecular formula is C28H32N2O5. The third kappa shape index (κ3) is 3.97. The molecule has 35 heavy (non-hydrogen) atoms. The van der Waals surface area contributed by atoms with Gasteiger partial charge in [0.15, 0.2) is 0 Å². The number of rotatable bonds is 6. The molecule has 2 N–H and O–H groups in total. The first-order chi connectivity index (χ1) is 16.7. The number of benzene rings is 2. The van der Waals surface area contributed by atoms with Crippen LogP contribution in [0.15, 0.2) is 48.5 Å². The first-order valence-electron chi connectivity index (χ1n) is 12.4. The summed E-state index contributed by atoms with van der Waals surface area (Å²) in [6, 6.07) is 16.3. The fraction of sp³-hybridized carbons (Fsp3) is 0.464. The highest BCUT2D eigenvalue weighted by Gasteiger charge is 2.55. The van der Waals surface area contributed by atoms with E-state index in [2.05, 4.69) is 29.6 Å². The lowest BCUT2D eigenvalue weighted by Gasteiger charge is -2.53. The van der Waals surface area contributed by atoms with Gasteiger partial charge in [0.05, 0.1) is 5.41 Å². The molecule has 0 unspecified atom stereocenters. The number of carboxylic acid groups (broad SMARTS) is 1. The van der Waals surface area contributed by atoms with Crippen LogP contribution in [0.3, 0.4) is 0 Å². The zero-order chi connectivity index (χ0) is 24.8. The molecule has 6 rings (SSSR count). The molecule has 2 aliphatic heterocycles. The van der Waals surface area contributed by atoms with E-state index in [0.29, 0.717) is 25.3 Å². The lowest BCUT2D eigenvalue weighted by molar-refractivity contribution is -0.174. The Morgan fingerprint density at radius 1 is 1.03 bits per heavy atom. The number of carbonyl (C=O) groups excluding carboxylic acids is 2. The molecule has 2 amide bonds. The quantitative estimate of drug-likeness (QED) is 0.644. The fourth-order valence-corrected chi connectivity index (χ4v) is 6.03. The second-order valence-corrected chi connectivity index (χ2v) is 10.8. The molecular weight excluding hydrogens is 444 g/mol. The first-order valence-corrected chi connectivity index (χ1v) is 12.4. The number of carboxylic acids is 1. The Balaban J connectivity index is 1.21. The van der Waals surface area contributed by atoms with Gasteiger partial charge in [0.1, 0.15) is 12.1 Å². The SMILES string of the molecule is CC(C)(CNC(=O)OCC1c2ccccc2-c2ccccc21)C(=O)N1CC2CCC1(C(=O)O)CC2. The van der Waals surface area contributed by atoms with Crippen molar-refractivity contribution in [1.29, 1.82) is 0 Å². The molecule has 4 aliphatic rings. The maximum atomic E-state index is 13.4. The van der Waals surface area contributed by atoms with Crippen molar-refractivity contribution in [3.8, 4) is 11.1 Å². The minimum Gasteiger partial charge on any atom is -0.479 e. The van der Waals surface area contributed by atoms with Crippen molar-refractivity contribution in [3.05, 3.63) is 59.7 Å². The summed E-state index contributed by atoms with van der Waals surface area (Å²) >= 11 is 0. The summed E-state index contributed by atoms with van der Waals surface area (Å²) < 4.78 is 5.60. The molecule has 7 heteroatoms. The number of aliphatic carboxylic acids is 1. The molecule has 0 spiro atoms. The van der Waals surface area contributed by atoms with E-state index >= 15 is 0 Å². The van der Waals surface area contributed by atoms with E-state index in [1.165, 1.54) is 0 Å². The molecule has 2 aromatic rings. The van der Waals surface area contributed by atoms with Crippen molar-refractivity contribution in [2.75, 3.05) is 19.7 Å². The average Bonchev–Trinajstić information content (AvgIpc) is 3.20. The van der Waals surface area contributed by atoms with Gasteiger partial charge in [-0.15, -0.1) is 0 Å². The zero-order valence-corrected chi connectivity index (χ0v) is 20.3. The van der Waals surface area contributed by atoms with Gasteiger partial charge in [0, 0.05) is 19.0 Å². The highest BCUT2D eigenvalue weighted by Crippen LogP contribution is 2.46. The van der Waals surface area contributed by atoms with Crippen LogP contribution in [0.25, 0.3) is 11.1 Å². The lowest BCUT2D eigenvalue weighted by Crippen LogP contribution is -2.66. The van der Waals surface area contributed by atoms with Crippen LogP contribution in [0, 0.1) is 11.3 Å². The third-order valence-electron chi connectivity index (χ3n) is 8.13. The van der Waals surface area contributed by atoms with Crippen LogP contribution in [0.4, 0.5) is 4.79 Å². The van der Waals surface area contributed by atoms with Crippen LogP contribution in [0.1, 0.15) is 56.6 Å². The normalized spacial score (nSPS) is 22.9. The average molecular weight is 477 g/mol. The van der Waals surface area contributed by atoms with E-state index in [1.54, 1.807) is 18.7 Å². The minimum absolute atomic E-state index is 0.0397. The van der Waals surface area contributed by atoms with Crippen molar-refractivity contribution in [2.24, 2.45) is 11.3 Å². The van der Waals surface area contributed by atoms with Crippen molar-refractivity contribution in [1.82, 2.24) is 10.2 Å². The van der Waals surface area contributed by atoms with E-state index in [9.17, 15) is 19.5 Å². The second-order valence-electron chi connectivity index (χ2n) is 10.8. The summed E-state index contributed by atoms with van der Waals surface area (Å²) in [6.45, 7) is 4.23. The second kappa shape index (κ2) is 8.70. The Morgan fingerprint density at radius 3 is 2.17 bits per heavy atom. The summed E-state index contributed by atoms with van der Waals surface area (Å²) in [5.41, 5.74) is 2.52. The van der Waals surface area contributed by atoms with Crippen molar-refractivity contribution < 1.29 is 24.2 Å². The molecule has 2 aromatic carbocycles. The molecule has 2 bridgehead atoms. The van der Waals surface area contributed by atoms with E-state index in [0.717, 1.165) is 35.1 Å². The molecule has 0 atom stereocenters. The summed E-state index contributed by atoms with van der Waals surface area (Å²) in [5.74, 6) is -0.847. The fourth-order valence-electron chi connectivity index (χ4n) is 6.03. The number of alkyl carbamates (subject to hydrolysis) is 1. The van der Waals surface area contributed by atoms with Gasteiger partial charge in [-0.1, -0.05) is 48.5 Å². The van der Waals surface area contributed by atoms with Crippen LogP contribution in [0.5, 0.6) is 0 Å². The molecule has 0 aromatic heterocycles. The van der Waals surface area contributed by atoms with Crippen LogP contribution in [0.2, 0.25) is 0 Å². The monoisotopic (exact) mass is 476 g/mol. The highest BCUT2D eigenvalue weighted by molar-refractivity contribution is 5.90. The van der Waals surface area contributed by atoms with Crippen molar-refractivity contribution in [3.63, 3.8) is 0 Å². The van der Waals surface area contributed by atoms with Gasteiger partial charge < -0.3 is 20.1 Å². The molecule has 184 valence electrons. The van der Waals surface area contributed by atoms with Gasteiger partial charge in [-0.05, 0) is 67.7 Å². The van der Waals surface area contributed by atoms with Gasteiger partial charge in [-0.3, -0.25) is 4.79 Å². The standard InChI is InChI=1S/C28H32N2O5/c1-27(2,24(31)30-15-18-11-13-28(30,14-12-18)25(32)33)17-29-26(34)35-16-23-21-9-5-3-7-19(21)20-8-4-6-10-22(20)23/h3-10,18,23H,11-17H2,1-2H3,(H,29,34)(H,32,33). The molecule has 2 heterocycles. The number of hydrogen-bond donors (Lipinski definition) is 2. The maximum absolute atomic E-state index is 13.4. The van der Waals surface area contributed by atoms with Crippen LogP contribution >= 0.6 is 0 Å². The number of carbonyl (C=O) groups is 3. The largest absolute Gasteiger partial charge is 0.479 e. The molecule has 1 saturated carbocycles. The van der Waals surface area contributed by atoms with E-state index in [1.807, 2.05) is 24.3 Å². The van der Waals surface area contributed by atoms with Crippen LogP contribution < -0.4 is 5.32 Å².